The third-order valence-corrected chi connectivity index (χ3v) is 9.60. The Bertz CT molecular complexity index is 1380. The molecule has 1 fully saturated rings. The summed E-state index contributed by atoms with van der Waals surface area (Å²) >= 11 is 6.20. The van der Waals surface area contributed by atoms with Crippen LogP contribution in [-0.2, 0) is 26.4 Å². The lowest BCUT2D eigenvalue weighted by molar-refractivity contribution is 0.386. The number of benzene rings is 1. The molecule has 0 saturated carbocycles. The predicted octanol–water partition coefficient (Wildman–Crippen LogP) is 1.74. The van der Waals surface area contributed by atoms with Crippen LogP contribution >= 0.6 is 11.6 Å². The molecule has 0 radical (unpaired) electrons. The fourth-order valence-corrected chi connectivity index (χ4v) is 7.30. The second-order valence-corrected chi connectivity index (χ2v) is 12.6. The van der Waals surface area contributed by atoms with Crippen molar-refractivity contribution in [1.29, 1.82) is 0 Å². The molecule has 10 nitrogen and oxygen atoms in total. The topological polar surface area (TPSA) is 125 Å². The summed E-state index contributed by atoms with van der Waals surface area (Å²) in [6.07, 6.45) is 4.25. The minimum atomic E-state index is -3.87. The Morgan fingerprint density at radius 3 is 2.45 bits per heavy atom. The first-order valence-corrected chi connectivity index (χ1v) is 14.2. The molecule has 1 N–H and O–H groups in total. The van der Waals surface area contributed by atoms with Crippen molar-refractivity contribution in [3.05, 3.63) is 53.3 Å². The fraction of sp³-hybridized carbons (Fsp3) is 0.350. The van der Waals surface area contributed by atoms with Gasteiger partial charge in [0.05, 0.1) is 10.9 Å². The normalized spacial score (nSPS) is 15.6. The predicted molar refractivity (Wildman–Crippen MR) is 129 cm³/mol. The molecule has 4 rings (SSSR count). The van der Waals surface area contributed by atoms with Crippen LogP contribution in [0.25, 0.3) is 10.9 Å². The lowest BCUT2D eigenvalue weighted by Gasteiger charge is -2.34. The van der Waals surface area contributed by atoms with E-state index in [0.717, 1.165) is 17.2 Å². The number of fused-ring (bicyclic) bond motifs is 1. The average Bonchev–Trinajstić information content (AvgIpc) is 2.76. The molecule has 33 heavy (non-hydrogen) atoms. The van der Waals surface area contributed by atoms with Crippen molar-refractivity contribution in [1.82, 2.24) is 19.3 Å². The Labute approximate surface area is 197 Å². The third kappa shape index (κ3) is 5.69. The summed E-state index contributed by atoms with van der Waals surface area (Å²) in [6.45, 7) is 1.58. The number of rotatable bonds is 7. The van der Waals surface area contributed by atoms with Gasteiger partial charge in [-0.15, -0.1) is 0 Å². The summed E-state index contributed by atoms with van der Waals surface area (Å²) in [5.41, 5.74) is 1.63. The van der Waals surface area contributed by atoms with Crippen LogP contribution in [0.1, 0.15) is 5.56 Å². The van der Waals surface area contributed by atoms with Crippen LogP contribution in [0.2, 0.25) is 5.02 Å². The smallest absolute Gasteiger partial charge is 0.228 e. The molecule has 0 spiro atoms. The van der Waals surface area contributed by atoms with Gasteiger partial charge in [0.1, 0.15) is 5.82 Å². The molecule has 0 bridgehead atoms. The zero-order valence-electron chi connectivity index (χ0n) is 17.8. The van der Waals surface area contributed by atoms with Gasteiger partial charge in [0.15, 0.2) is 14.9 Å². The second kappa shape index (κ2) is 9.37. The Morgan fingerprint density at radius 1 is 1.03 bits per heavy atom. The van der Waals surface area contributed by atoms with Gasteiger partial charge >= 0.3 is 0 Å². The van der Waals surface area contributed by atoms with Crippen molar-refractivity contribution in [2.24, 2.45) is 0 Å². The number of nitrogens with one attached hydrogen (secondary N) is 1. The average molecular weight is 511 g/mol. The van der Waals surface area contributed by atoms with Crippen LogP contribution in [0.15, 0.2) is 42.7 Å². The van der Waals surface area contributed by atoms with Crippen molar-refractivity contribution in [2.45, 2.75) is 6.54 Å². The first kappa shape index (κ1) is 23.6. The zero-order valence-corrected chi connectivity index (χ0v) is 20.2. The summed E-state index contributed by atoms with van der Waals surface area (Å²) < 4.78 is 48.8. The van der Waals surface area contributed by atoms with Crippen LogP contribution in [0.5, 0.6) is 0 Å². The van der Waals surface area contributed by atoms with Crippen LogP contribution in [0.4, 0.5) is 11.8 Å². The minimum absolute atomic E-state index is 0.175. The van der Waals surface area contributed by atoms with Gasteiger partial charge < -0.3 is 10.2 Å². The fourth-order valence-electron chi connectivity index (χ4n) is 3.62. The highest BCUT2D eigenvalue weighted by molar-refractivity contribution is 8.06. The highest BCUT2D eigenvalue weighted by Crippen LogP contribution is 2.25. The van der Waals surface area contributed by atoms with Gasteiger partial charge in [0.25, 0.3) is 0 Å². The second-order valence-electron chi connectivity index (χ2n) is 7.75. The van der Waals surface area contributed by atoms with E-state index in [1.165, 1.54) is 4.31 Å². The molecule has 1 aromatic carbocycles. The molecule has 13 heteroatoms. The van der Waals surface area contributed by atoms with E-state index in [0.29, 0.717) is 41.9 Å². The Kier molecular flexibility index (Phi) is 6.71. The molecule has 1 aliphatic heterocycles. The summed E-state index contributed by atoms with van der Waals surface area (Å²) in [5, 5.41) is 3.69. The maximum Gasteiger partial charge on any atom is 0.228 e. The van der Waals surface area contributed by atoms with E-state index in [9.17, 15) is 16.8 Å². The van der Waals surface area contributed by atoms with E-state index < -0.39 is 24.9 Å². The molecule has 2 aromatic heterocycles. The van der Waals surface area contributed by atoms with E-state index in [-0.39, 0.29) is 13.1 Å². The molecule has 1 aliphatic rings. The van der Waals surface area contributed by atoms with E-state index in [1.54, 1.807) is 18.5 Å². The lowest BCUT2D eigenvalue weighted by atomic mass is 10.2. The number of sulfone groups is 1. The number of piperazine rings is 1. The van der Waals surface area contributed by atoms with Crippen LogP contribution in [0.3, 0.4) is 0 Å². The molecule has 0 atom stereocenters. The van der Waals surface area contributed by atoms with Crippen LogP contribution < -0.4 is 10.2 Å². The number of pyridine rings is 1. The van der Waals surface area contributed by atoms with Crippen molar-refractivity contribution in [3.8, 4) is 0 Å². The largest absolute Gasteiger partial charge is 0.353 e. The van der Waals surface area contributed by atoms with Gasteiger partial charge in [0, 0.05) is 56.4 Å². The number of hydrogen-bond acceptors (Lipinski definition) is 9. The van der Waals surface area contributed by atoms with Crippen molar-refractivity contribution in [2.75, 3.05) is 47.7 Å². The number of aromatic nitrogens is 3. The molecule has 0 amide bonds. The molecule has 1 saturated heterocycles. The van der Waals surface area contributed by atoms with Gasteiger partial charge in [-0.1, -0.05) is 29.8 Å². The lowest BCUT2D eigenvalue weighted by Crippen LogP contribution is -2.50. The quantitative estimate of drug-likeness (QED) is 0.505. The Morgan fingerprint density at radius 2 is 1.76 bits per heavy atom. The van der Waals surface area contributed by atoms with Crippen LogP contribution in [0, 0.1) is 0 Å². The SMILES string of the molecule is CS(=O)(=O)CS(=O)(=O)N1CCN(c2nccc3nc(NCc4ccccc4Cl)ncc23)CC1. The third-order valence-electron chi connectivity index (χ3n) is 5.18. The maximum absolute atomic E-state index is 12.4. The Balaban J connectivity index is 1.47. The van der Waals surface area contributed by atoms with Gasteiger partial charge in [-0.2, -0.15) is 4.31 Å². The standard InChI is InChI=1S/C20H23ClN6O4S2/c1-32(28,29)14-33(30,31)27-10-8-26(9-11-27)19-16-13-24-20(25-18(16)6-7-22-19)23-12-15-4-2-3-5-17(15)21/h2-7,13H,8-12,14H2,1H3,(H,23,24,25). The number of sulfonamides is 1. The molecular weight excluding hydrogens is 488 g/mol. The number of nitrogens with zero attached hydrogens (tertiary/aromatic N) is 5. The molecule has 0 unspecified atom stereocenters. The number of halogens is 1. The molecule has 3 aromatic rings. The van der Waals surface area contributed by atoms with E-state index >= 15 is 0 Å². The van der Waals surface area contributed by atoms with Gasteiger partial charge in [-0.05, 0) is 17.7 Å². The van der Waals surface area contributed by atoms with E-state index in [2.05, 4.69) is 20.3 Å². The number of hydrogen-bond donors (Lipinski definition) is 1. The summed E-state index contributed by atoms with van der Waals surface area (Å²) in [6, 6.07) is 9.31. The summed E-state index contributed by atoms with van der Waals surface area (Å²) in [5.74, 6) is 1.11. The first-order chi connectivity index (χ1) is 15.6. The summed E-state index contributed by atoms with van der Waals surface area (Å²) in [7, 11) is -7.51. The van der Waals surface area contributed by atoms with Gasteiger partial charge in [-0.3, -0.25) is 0 Å². The molecule has 176 valence electrons. The highest BCUT2D eigenvalue weighted by atomic mass is 35.5. The highest BCUT2D eigenvalue weighted by Gasteiger charge is 2.30. The van der Waals surface area contributed by atoms with Crippen molar-refractivity contribution in [3.63, 3.8) is 0 Å². The number of anilines is 2. The Hall–Kier alpha value is -2.54. The van der Waals surface area contributed by atoms with Crippen molar-refractivity contribution < 1.29 is 16.8 Å². The molecular formula is C20H23ClN6O4S2. The van der Waals surface area contributed by atoms with Crippen LogP contribution in [-0.4, -0.2) is 73.6 Å². The molecule has 3 heterocycles. The van der Waals surface area contributed by atoms with Gasteiger partial charge in [0.2, 0.25) is 16.0 Å². The van der Waals surface area contributed by atoms with Crippen molar-refractivity contribution >= 4 is 54.1 Å². The minimum Gasteiger partial charge on any atom is -0.353 e. The van der Waals surface area contributed by atoms with E-state index in [1.807, 2.05) is 29.2 Å². The monoisotopic (exact) mass is 510 g/mol. The van der Waals surface area contributed by atoms with Gasteiger partial charge in [-0.25, -0.2) is 31.8 Å². The zero-order chi connectivity index (χ0) is 23.6. The maximum atomic E-state index is 12.4. The first-order valence-electron chi connectivity index (χ1n) is 10.1. The summed E-state index contributed by atoms with van der Waals surface area (Å²) in [4.78, 5) is 15.4. The van der Waals surface area contributed by atoms with E-state index in [4.69, 9.17) is 11.6 Å². The molecule has 0 aliphatic carbocycles.